The fraction of sp³-hybridized carbons (Fsp3) is 0.708. The predicted octanol–water partition coefficient (Wildman–Crippen LogP) is 2.10. The van der Waals surface area contributed by atoms with Crippen molar-refractivity contribution in [1.82, 2.24) is 9.62 Å². The van der Waals surface area contributed by atoms with Gasteiger partial charge in [-0.05, 0) is 62.1 Å². The SMILES string of the molecule is CC(NC(=O)c1cc(S(=O)(=O)N2CCOCC2)ccc1N1CCOCC1)C1CC2CCC1C2. The molecule has 1 aromatic carbocycles. The summed E-state index contributed by atoms with van der Waals surface area (Å²) in [6, 6.07) is 5.06. The number of amides is 1. The number of anilines is 1. The lowest BCUT2D eigenvalue weighted by Crippen LogP contribution is -2.42. The minimum Gasteiger partial charge on any atom is -0.379 e. The first-order valence-electron chi connectivity index (χ1n) is 12.3. The van der Waals surface area contributed by atoms with E-state index in [-0.39, 0.29) is 16.8 Å². The van der Waals surface area contributed by atoms with Crippen LogP contribution in [0.4, 0.5) is 5.69 Å². The maximum absolute atomic E-state index is 13.5. The Morgan fingerprint density at radius 2 is 1.73 bits per heavy atom. The van der Waals surface area contributed by atoms with Crippen LogP contribution in [0.15, 0.2) is 23.1 Å². The molecule has 0 radical (unpaired) electrons. The van der Waals surface area contributed by atoms with Gasteiger partial charge in [-0.15, -0.1) is 0 Å². The smallest absolute Gasteiger partial charge is 0.253 e. The van der Waals surface area contributed by atoms with Crippen molar-refractivity contribution >= 4 is 21.6 Å². The summed E-state index contributed by atoms with van der Waals surface area (Å²) in [6.07, 6.45) is 5.07. The number of ether oxygens (including phenoxy) is 2. The molecular formula is C24H35N3O5S. The first-order chi connectivity index (χ1) is 15.9. The lowest BCUT2D eigenvalue weighted by atomic mass is 9.84. The molecule has 182 valence electrons. The third kappa shape index (κ3) is 4.65. The molecule has 0 spiro atoms. The van der Waals surface area contributed by atoms with Crippen molar-refractivity contribution in [3.63, 3.8) is 0 Å². The van der Waals surface area contributed by atoms with Crippen LogP contribution in [-0.4, -0.2) is 77.3 Å². The highest BCUT2D eigenvalue weighted by Gasteiger charge is 2.42. The molecule has 1 N–H and O–H groups in total. The van der Waals surface area contributed by atoms with E-state index in [1.165, 1.54) is 30.0 Å². The molecule has 8 nitrogen and oxygen atoms in total. The minimum atomic E-state index is -3.69. The number of morpholine rings is 2. The summed E-state index contributed by atoms with van der Waals surface area (Å²) in [4.78, 5) is 15.8. The Labute approximate surface area is 196 Å². The molecule has 4 aliphatic rings. The second kappa shape index (κ2) is 9.52. The molecule has 2 heterocycles. The van der Waals surface area contributed by atoms with Gasteiger partial charge in [-0.25, -0.2) is 8.42 Å². The number of fused-ring (bicyclic) bond motifs is 2. The zero-order valence-corrected chi connectivity index (χ0v) is 20.2. The van der Waals surface area contributed by atoms with Crippen LogP contribution in [0.3, 0.4) is 0 Å². The molecule has 5 rings (SSSR count). The maximum atomic E-state index is 13.5. The Morgan fingerprint density at radius 1 is 1.03 bits per heavy atom. The van der Waals surface area contributed by atoms with Gasteiger partial charge in [0.05, 0.1) is 36.9 Å². The van der Waals surface area contributed by atoms with Crippen molar-refractivity contribution in [3.8, 4) is 0 Å². The zero-order valence-electron chi connectivity index (χ0n) is 19.4. The predicted molar refractivity (Wildman–Crippen MR) is 125 cm³/mol. The summed E-state index contributed by atoms with van der Waals surface area (Å²) < 4.78 is 38.8. The van der Waals surface area contributed by atoms with Crippen LogP contribution >= 0.6 is 0 Å². The van der Waals surface area contributed by atoms with Gasteiger partial charge in [0.1, 0.15) is 0 Å². The van der Waals surface area contributed by atoms with E-state index in [1.54, 1.807) is 18.2 Å². The Bertz CT molecular complexity index is 972. The Morgan fingerprint density at radius 3 is 2.36 bits per heavy atom. The largest absolute Gasteiger partial charge is 0.379 e. The van der Waals surface area contributed by atoms with Gasteiger partial charge >= 0.3 is 0 Å². The molecule has 4 fully saturated rings. The molecule has 1 amide bonds. The number of hydrogen-bond donors (Lipinski definition) is 1. The first kappa shape index (κ1) is 23.1. The zero-order chi connectivity index (χ0) is 23.0. The molecule has 1 aromatic rings. The molecule has 2 saturated heterocycles. The lowest BCUT2D eigenvalue weighted by molar-refractivity contribution is 0.0730. The number of rotatable bonds is 6. The molecule has 4 atom stereocenters. The molecule has 4 unspecified atom stereocenters. The summed E-state index contributed by atoms with van der Waals surface area (Å²) in [5.74, 6) is 1.84. The number of carbonyl (C=O) groups is 1. The summed E-state index contributed by atoms with van der Waals surface area (Å²) in [5.41, 5.74) is 1.21. The lowest BCUT2D eigenvalue weighted by Gasteiger charge is -2.32. The van der Waals surface area contributed by atoms with Crippen molar-refractivity contribution in [2.75, 3.05) is 57.5 Å². The van der Waals surface area contributed by atoms with Crippen molar-refractivity contribution in [2.45, 2.75) is 43.5 Å². The second-order valence-corrected chi connectivity index (χ2v) is 11.8. The fourth-order valence-electron chi connectivity index (χ4n) is 6.17. The van der Waals surface area contributed by atoms with E-state index >= 15 is 0 Å². The van der Waals surface area contributed by atoms with Gasteiger partial charge in [0.15, 0.2) is 0 Å². The number of carbonyl (C=O) groups excluding carboxylic acids is 1. The van der Waals surface area contributed by atoms with Crippen molar-refractivity contribution in [1.29, 1.82) is 0 Å². The van der Waals surface area contributed by atoms with Crippen molar-refractivity contribution in [3.05, 3.63) is 23.8 Å². The molecule has 9 heteroatoms. The Kier molecular flexibility index (Phi) is 6.66. The number of benzene rings is 1. The van der Waals surface area contributed by atoms with E-state index in [2.05, 4.69) is 17.1 Å². The third-order valence-corrected chi connectivity index (χ3v) is 9.86. The van der Waals surface area contributed by atoms with E-state index in [4.69, 9.17) is 9.47 Å². The average Bonchev–Trinajstić information content (AvgIpc) is 3.49. The van der Waals surface area contributed by atoms with Gasteiger partial charge < -0.3 is 19.7 Å². The molecule has 2 saturated carbocycles. The van der Waals surface area contributed by atoms with Crippen LogP contribution in [0.1, 0.15) is 43.0 Å². The Balaban J connectivity index is 1.42. The van der Waals surface area contributed by atoms with E-state index in [9.17, 15) is 13.2 Å². The van der Waals surface area contributed by atoms with Gasteiger partial charge in [-0.1, -0.05) is 6.42 Å². The summed E-state index contributed by atoms with van der Waals surface area (Å²) >= 11 is 0. The van der Waals surface area contributed by atoms with Gasteiger partial charge in [-0.3, -0.25) is 4.79 Å². The summed E-state index contributed by atoms with van der Waals surface area (Å²) in [6.45, 7) is 6.08. The van der Waals surface area contributed by atoms with Crippen LogP contribution < -0.4 is 10.2 Å². The highest BCUT2D eigenvalue weighted by Crippen LogP contribution is 2.49. The quantitative estimate of drug-likeness (QED) is 0.675. The van der Waals surface area contributed by atoms with Crippen LogP contribution in [0, 0.1) is 17.8 Å². The number of nitrogens with zero attached hydrogens (tertiary/aromatic N) is 2. The number of hydrogen-bond acceptors (Lipinski definition) is 6. The molecule has 33 heavy (non-hydrogen) atoms. The van der Waals surface area contributed by atoms with Crippen LogP contribution in [0.25, 0.3) is 0 Å². The highest BCUT2D eigenvalue weighted by atomic mass is 32.2. The highest BCUT2D eigenvalue weighted by molar-refractivity contribution is 7.89. The Hall–Kier alpha value is -1.68. The first-order valence-corrected chi connectivity index (χ1v) is 13.7. The second-order valence-electron chi connectivity index (χ2n) is 9.90. The molecular weight excluding hydrogens is 442 g/mol. The van der Waals surface area contributed by atoms with Gasteiger partial charge in [-0.2, -0.15) is 4.31 Å². The number of sulfonamides is 1. The van der Waals surface area contributed by atoms with Gasteiger partial charge in [0, 0.05) is 37.9 Å². The van der Waals surface area contributed by atoms with Gasteiger partial charge in [0.2, 0.25) is 10.0 Å². The molecule has 2 aliphatic carbocycles. The normalized spacial score (nSPS) is 29.2. The molecule has 2 bridgehead atoms. The van der Waals surface area contributed by atoms with E-state index in [1.807, 2.05) is 0 Å². The topological polar surface area (TPSA) is 88.2 Å². The summed E-state index contributed by atoms with van der Waals surface area (Å²) in [7, 11) is -3.69. The van der Waals surface area contributed by atoms with E-state index in [0.29, 0.717) is 70.0 Å². The monoisotopic (exact) mass is 477 g/mol. The van der Waals surface area contributed by atoms with E-state index in [0.717, 1.165) is 11.6 Å². The van der Waals surface area contributed by atoms with Crippen molar-refractivity contribution in [2.24, 2.45) is 17.8 Å². The standard InChI is InChI=1S/C24H35N3O5S/c1-17(21-15-18-2-3-19(21)14-18)25-24(28)22-16-20(33(29,30)27-8-12-32-13-9-27)4-5-23(22)26-6-10-31-11-7-26/h4-5,16-19,21H,2-3,6-15H2,1H3,(H,25,28). The van der Waals surface area contributed by atoms with Crippen LogP contribution in [0.5, 0.6) is 0 Å². The average molecular weight is 478 g/mol. The summed E-state index contributed by atoms with van der Waals surface area (Å²) in [5, 5.41) is 3.24. The van der Waals surface area contributed by atoms with Crippen molar-refractivity contribution < 1.29 is 22.7 Å². The van der Waals surface area contributed by atoms with E-state index < -0.39 is 10.0 Å². The third-order valence-electron chi connectivity index (χ3n) is 7.97. The molecule has 2 aliphatic heterocycles. The van der Waals surface area contributed by atoms with Gasteiger partial charge in [0.25, 0.3) is 5.91 Å². The fourth-order valence-corrected chi connectivity index (χ4v) is 7.61. The molecule has 0 aromatic heterocycles. The minimum absolute atomic E-state index is 0.0739. The maximum Gasteiger partial charge on any atom is 0.253 e. The van der Waals surface area contributed by atoms with Crippen LogP contribution in [0.2, 0.25) is 0 Å². The number of nitrogens with one attached hydrogen (secondary N) is 1. The van der Waals surface area contributed by atoms with Crippen LogP contribution in [-0.2, 0) is 19.5 Å².